The number of aliphatic hydroxyl groups excluding tert-OH is 1. The minimum atomic E-state index is -0.506. The van der Waals surface area contributed by atoms with E-state index in [0.29, 0.717) is 6.42 Å². The number of hydrogen-bond donors (Lipinski definition) is 1. The van der Waals surface area contributed by atoms with E-state index in [-0.39, 0.29) is 0 Å². The molecule has 0 saturated carbocycles. The van der Waals surface area contributed by atoms with Crippen molar-refractivity contribution in [1.29, 1.82) is 0 Å². The van der Waals surface area contributed by atoms with Crippen LogP contribution < -0.4 is 0 Å². The third kappa shape index (κ3) is 2.92. The number of nitrogens with zero attached hydrogens (tertiary/aromatic N) is 1. The lowest BCUT2D eigenvalue weighted by molar-refractivity contribution is 0.182. The largest absolute Gasteiger partial charge is 0.387 e. The van der Waals surface area contributed by atoms with Crippen molar-refractivity contribution in [3.63, 3.8) is 0 Å². The normalized spacial score (nSPS) is 13.0. The number of para-hydroxylation sites is 1. The molecule has 2 aromatic heterocycles. The molecule has 0 saturated heterocycles. The van der Waals surface area contributed by atoms with Crippen LogP contribution in [0.3, 0.4) is 0 Å². The molecule has 0 radical (unpaired) electrons. The first kappa shape index (κ1) is 13.7. The van der Waals surface area contributed by atoms with Crippen molar-refractivity contribution in [2.45, 2.75) is 12.5 Å². The highest BCUT2D eigenvalue weighted by atomic mass is 79.9. The first-order valence-corrected chi connectivity index (χ1v) is 8.82. The van der Waals surface area contributed by atoms with E-state index in [1.807, 2.05) is 24.3 Å². The molecular weight excluding hydrogens is 410 g/mol. The predicted octanol–water partition coefficient (Wildman–Crippen LogP) is 5.16. The summed E-state index contributed by atoms with van der Waals surface area (Å²) in [4.78, 5) is 5.49. The van der Waals surface area contributed by atoms with Gasteiger partial charge in [-0.2, -0.15) is 0 Å². The summed E-state index contributed by atoms with van der Waals surface area (Å²) in [6, 6.07) is 10.00. The van der Waals surface area contributed by atoms with Crippen molar-refractivity contribution in [2.75, 3.05) is 0 Å². The molecule has 0 aliphatic rings. The van der Waals surface area contributed by atoms with Gasteiger partial charge in [0.2, 0.25) is 0 Å². The van der Waals surface area contributed by atoms with Crippen LogP contribution in [-0.4, -0.2) is 10.1 Å². The second kappa shape index (κ2) is 5.61. The Bertz CT molecular complexity index is 670. The number of rotatable bonds is 3. The second-order valence-corrected chi connectivity index (χ2v) is 8.44. The van der Waals surface area contributed by atoms with E-state index >= 15 is 0 Å². The Morgan fingerprint density at radius 1 is 1.21 bits per heavy atom. The van der Waals surface area contributed by atoms with Crippen molar-refractivity contribution in [1.82, 2.24) is 4.98 Å². The van der Waals surface area contributed by atoms with Gasteiger partial charge < -0.3 is 5.11 Å². The smallest absolute Gasteiger partial charge is 0.0968 e. The van der Waals surface area contributed by atoms with E-state index in [0.717, 1.165) is 23.7 Å². The van der Waals surface area contributed by atoms with Crippen LogP contribution in [0, 0.1) is 0 Å². The SMILES string of the molecule is OC(Cc1nc2ccccc2s1)c1cc(Br)c(Br)s1. The van der Waals surface area contributed by atoms with Gasteiger partial charge in [0.15, 0.2) is 0 Å². The molecule has 0 aliphatic heterocycles. The van der Waals surface area contributed by atoms with E-state index < -0.39 is 6.10 Å². The average Bonchev–Trinajstić information content (AvgIpc) is 2.93. The number of aliphatic hydroxyl groups is 1. The Balaban J connectivity index is 1.84. The Kier molecular flexibility index (Phi) is 4.05. The van der Waals surface area contributed by atoms with Crippen LogP contribution >= 0.6 is 54.5 Å². The summed E-state index contributed by atoms with van der Waals surface area (Å²) in [7, 11) is 0. The summed E-state index contributed by atoms with van der Waals surface area (Å²) in [5, 5.41) is 11.2. The molecule has 1 N–H and O–H groups in total. The fourth-order valence-electron chi connectivity index (χ4n) is 1.80. The minimum absolute atomic E-state index is 0.506. The molecule has 0 bridgehead atoms. The van der Waals surface area contributed by atoms with Crippen molar-refractivity contribution < 1.29 is 5.11 Å². The van der Waals surface area contributed by atoms with E-state index in [1.165, 1.54) is 4.70 Å². The van der Waals surface area contributed by atoms with Crippen molar-refractivity contribution in [3.05, 3.63) is 48.5 Å². The maximum Gasteiger partial charge on any atom is 0.0968 e. The molecule has 0 spiro atoms. The Morgan fingerprint density at radius 3 is 2.68 bits per heavy atom. The standard InChI is InChI=1S/C13H9Br2NOS2/c14-7-5-11(19-13(7)15)9(17)6-12-16-8-3-1-2-4-10(8)18-12/h1-5,9,17H,6H2. The summed E-state index contributed by atoms with van der Waals surface area (Å²) in [6.07, 6.45) is 0.0480. The fourth-order valence-corrected chi connectivity index (χ4v) is 4.88. The summed E-state index contributed by atoms with van der Waals surface area (Å²) >= 11 is 10.1. The molecular formula is C13H9Br2NOS2. The zero-order chi connectivity index (χ0) is 13.4. The number of thiophene rings is 1. The van der Waals surface area contributed by atoms with E-state index in [4.69, 9.17) is 0 Å². The molecule has 1 unspecified atom stereocenters. The van der Waals surface area contributed by atoms with Crippen molar-refractivity contribution >= 4 is 64.8 Å². The highest BCUT2D eigenvalue weighted by Crippen LogP contribution is 2.37. The van der Waals surface area contributed by atoms with Gasteiger partial charge in [0.05, 0.1) is 25.1 Å². The number of halogens is 2. The summed E-state index contributed by atoms with van der Waals surface area (Å²) in [5.41, 5.74) is 1.00. The van der Waals surface area contributed by atoms with Crippen LogP contribution in [0.2, 0.25) is 0 Å². The average molecular weight is 419 g/mol. The monoisotopic (exact) mass is 417 g/mol. The van der Waals surface area contributed by atoms with E-state index in [2.05, 4.69) is 42.9 Å². The number of fused-ring (bicyclic) bond motifs is 1. The van der Waals surface area contributed by atoms with Gasteiger partial charge in [0, 0.05) is 15.8 Å². The highest BCUT2D eigenvalue weighted by Gasteiger charge is 2.15. The maximum atomic E-state index is 10.3. The second-order valence-electron chi connectivity index (χ2n) is 4.07. The van der Waals surface area contributed by atoms with Gasteiger partial charge in [-0.25, -0.2) is 4.98 Å². The molecule has 0 aliphatic carbocycles. The van der Waals surface area contributed by atoms with Crippen LogP contribution in [0.5, 0.6) is 0 Å². The van der Waals surface area contributed by atoms with Gasteiger partial charge in [0.1, 0.15) is 0 Å². The van der Waals surface area contributed by atoms with Crippen molar-refractivity contribution in [3.8, 4) is 0 Å². The lowest BCUT2D eigenvalue weighted by Crippen LogP contribution is -1.98. The van der Waals surface area contributed by atoms with Gasteiger partial charge in [-0.1, -0.05) is 12.1 Å². The highest BCUT2D eigenvalue weighted by molar-refractivity contribution is 9.13. The summed E-state index contributed by atoms with van der Waals surface area (Å²) in [5.74, 6) is 0. The van der Waals surface area contributed by atoms with Crippen LogP contribution in [0.1, 0.15) is 16.0 Å². The van der Waals surface area contributed by atoms with Crippen LogP contribution in [0.15, 0.2) is 38.6 Å². The van der Waals surface area contributed by atoms with Crippen LogP contribution in [-0.2, 0) is 6.42 Å². The van der Waals surface area contributed by atoms with Gasteiger partial charge >= 0.3 is 0 Å². The molecule has 6 heteroatoms. The lowest BCUT2D eigenvalue weighted by atomic mass is 10.2. The third-order valence-electron chi connectivity index (χ3n) is 2.70. The molecule has 0 amide bonds. The molecule has 0 fully saturated rings. The van der Waals surface area contributed by atoms with Crippen molar-refractivity contribution in [2.24, 2.45) is 0 Å². The minimum Gasteiger partial charge on any atom is -0.387 e. The molecule has 1 aromatic carbocycles. The van der Waals surface area contributed by atoms with Gasteiger partial charge in [-0.05, 0) is 50.1 Å². The van der Waals surface area contributed by atoms with E-state index in [9.17, 15) is 5.11 Å². The first-order valence-electron chi connectivity index (χ1n) is 5.61. The molecule has 3 aromatic rings. The number of hydrogen-bond acceptors (Lipinski definition) is 4. The topological polar surface area (TPSA) is 33.1 Å². The quantitative estimate of drug-likeness (QED) is 0.637. The predicted molar refractivity (Wildman–Crippen MR) is 88.0 cm³/mol. The Hall–Kier alpha value is -0.270. The van der Waals surface area contributed by atoms with Gasteiger partial charge in [-0.15, -0.1) is 22.7 Å². The van der Waals surface area contributed by atoms with Gasteiger partial charge in [-0.3, -0.25) is 0 Å². The molecule has 19 heavy (non-hydrogen) atoms. The Morgan fingerprint density at radius 2 is 2.00 bits per heavy atom. The third-order valence-corrected chi connectivity index (χ3v) is 7.11. The number of thiazole rings is 1. The van der Waals surface area contributed by atoms with E-state index in [1.54, 1.807) is 22.7 Å². The summed E-state index contributed by atoms with van der Waals surface area (Å²) < 4.78 is 3.15. The fraction of sp³-hybridized carbons (Fsp3) is 0.154. The number of aromatic nitrogens is 1. The van der Waals surface area contributed by atoms with Crippen LogP contribution in [0.4, 0.5) is 0 Å². The molecule has 98 valence electrons. The molecule has 3 rings (SSSR count). The zero-order valence-corrected chi connectivity index (χ0v) is 14.4. The molecule has 2 nitrogen and oxygen atoms in total. The zero-order valence-electron chi connectivity index (χ0n) is 9.64. The lowest BCUT2D eigenvalue weighted by Gasteiger charge is -2.04. The molecule has 1 atom stereocenters. The number of benzene rings is 1. The Labute approximate surface area is 135 Å². The summed E-state index contributed by atoms with van der Waals surface area (Å²) in [6.45, 7) is 0. The van der Waals surface area contributed by atoms with Crippen LogP contribution in [0.25, 0.3) is 10.2 Å². The first-order chi connectivity index (χ1) is 9.13. The molecule has 2 heterocycles. The van der Waals surface area contributed by atoms with Gasteiger partial charge in [0.25, 0.3) is 0 Å². The maximum absolute atomic E-state index is 10.3.